The van der Waals surface area contributed by atoms with Crippen LogP contribution in [0.4, 0.5) is 10.2 Å². The Kier molecular flexibility index (Phi) is 2.16. The van der Waals surface area contributed by atoms with Crippen LogP contribution in [0.15, 0.2) is 24.3 Å². The van der Waals surface area contributed by atoms with Gasteiger partial charge in [-0.1, -0.05) is 0 Å². The minimum absolute atomic E-state index is 0.250. The van der Waals surface area contributed by atoms with Gasteiger partial charge in [0.15, 0.2) is 0 Å². The first-order valence-electron chi connectivity index (χ1n) is 5.63. The monoisotopic (exact) mass is 244 g/mol. The van der Waals surface area contributed by atoms with Crippen molar-refractivity contribution in [2.75, 3.05) is 5.73 Å². The van der Waals surface area contributed by atoms with Crippen molar-refractivity contribution in [2.45, 2.75) is 6.92 Å². The van der Waals surface area contributed by atoms with Gasteiger partial charge in [-0.3, -0.25) is 5.10 Å². The molecule has 2 heterocycles. The van der Waals surface area contributed by atoms with Crippen molar-refractivity contribution in [3.8, 4) is 11.3 Å². The highest BCUT2D eigenvalue weighted by molar-refractivity contribution is 5.87. The standard InChI is InChI=1S/C13H13FN4/c1-7-5-9-11(18(7)2)4-3-8(13(9)14)10-6-12(15)17-16-10/h3-6H,1-2H3,(H3,15,16,17). The van der Waals surface area contributed by atoms with Crippen molar-refractivity contribution in [3.05, 3.63) is 35.8 Å². The van der Waals surface area contributed by atoms with Crippen molar-refractivity contribution >= 4 is 16.7 Å². The Morgan fingerprint density at radius 3 is 2.78 bits per heavy atom. The van der Waals surface area contributed by atoms with Gasteiger partial charge in [0.2, 0.25) is 0 Å². The van der Waals surface area contributed by atoms with Crippen LogP contribution in [0.3, 0.4) is 0 Å². The SMILES string of the molecule is Cc1cc2c(F)c(-c3cc(N)n[nH]3)ccc2n1C. The summed E-state index contributed by atoms with van der Waals surface area (Å²) in [5.74, 6) is 0.105. The minimum Gasteiger partial charge on any atom is -0.382 e. The van der Waals surface area contributed by atoms with Crippen molar-refractivity contribution in [3.63, 3.8) is 0 Å². The van der Waals surface area contributed by atoms with Crippen LogP contribution < -0.4 is 5.73 Å². The van der Waals surface area contributed by atoms with Gasteiger partial charge in [0, 0.05) is 29.8 Å². The van der Waals surface area contributed by atoms with Gasteiger partial charge in [0.1, 0.15) is 11.6 Å². The van der Waals surface area contributed by atoms with Gasteiger partial charge < -0.3 is 10.3 Å². The molecule has 0 amide bonds. The van der Waals surface area contributed by atoms with E-state index in [0.717, 1.165) is 11.2 Å². The number of nitrogens with zero attached hydrogens (tertiary/aromatic N) is 2. The molecule has 0 spiro atoms. The third-order valence-electron chi connectivity index (χ3n) is 3.29. The largest absolute Gasteiger partial charge is 0.382 e. The Bertz CT molecular complexity index is 739. The van der Waals surface area contributed by atoms with Gasteiger partial charge in [-0.05, 0) is 25.1 Å². The van der Waals surface area contributed by atoms with Crippen LogP contribution in [0.25, 0.3) is 22.2 Å². The number of H-pyrrole nitrogens is 1. The van der Waals surface area contributed by atoms with Crippen LogP contribution in [0, 0.1) is 12.7 Å². The quantitative estimate of drug-likeness (QED) is 0.691. The molecule has 0 saturated carbocycles. The lowest BCUT2D eigenvalue weighted by Gasteiger charge is -2.03. The summed E-state index contributed by atoms with van der Waals surface area (Å²) in [7, 11) is 1.92. The maximum atomic E-state index is 14.5. The first kappa shape index (κ1) is 10.8. The van der Waals surface area contributed by atoms with E-state index in [2.05, 4.69) is 10.2 Å². The number of halogens is 1. The van der Waals surface area contributed by atoms with E-state index in [1.165, 1.54) is 0 Å². The number of aromatic amines is 1. The molecule has 18 heavy (non-hydrogen) atoms. The third-order valence-corrected chi connectivity index (χ3v) is 3.29. The van der Waals surface area contributed by atoms with Crippen LogP contribution in [0.1, 0.15) is 5.69 Å². The average molecular weight is 244 g/mol. The molecule has 3 rings (SSSR count). The maximum Gasteiger partial charge on any atom is 0.145 e. The van der Waals surface area contributed by atoms with Gasteiger partial charge >= 0.3 is 0 Å². The lowest BCUT2D eigenvalue weighted by atomic mass is 10.1. The zero-order chi connectivity index (χ0) is 12.9. The van der Waals surface area contributed by atoms with E-state index in [1.807, 2.05) is 30.7 Å². The van der Waals surface area contributed by atoms with Crippen molar-refractivity contribution in [1.29, 1.82) is 0 Å². The van der Waals surface area contributed by atoms with E-state index in [-0.39, 0.29) is 5.82 Å². The average Bonchev–Trinajstić information content (AvgIpc) is 2.87. The van der Waals surface area contributed by atoms with E-state index >= 15 is 0 Å². The maximum absolute atomic E-state index is 14.5. The zero-order valence-electron chi connectivity index (χ0n) is 10.2. The number of aryl methyl sites for hydroxylation is 2. The molecule has 0 aliphatic rings. The van der Waals surface area contributed by atoms with Gasteiger partial charge in [-0.2, -0.15) is 5.10 Å². The van der Waals surface area contributed by atoms with Crippen molar-refractivity contribution in [1.82, 2.24) is 14.8 Å². The molecule has 0 saturated heterocycles. The van der Waals surface area contributed by atoms with Crippen molar-refractivity contribution in [2.24, 2.45) is 7.05 Å². The number of nitrogens with one attached hydrogen (secondary N) is 1. The van der Waals surface area contributed by atoms with Crippen LogP contribution in [0.2, 0.25) is 0 Å². The summed E-state index contributed by atoms with van der Waals surface area (Å²) in [6.45, 7) is 1.95. The smallest absolute Gasteiger partial charge is 0.145 e. The summed E-state index contributed by atoms with van der Waals surface area (Å²) in [6.07, 6.45) is 0. The summed E-state index contributed by atoms with van der Waals surface area (Å²) in [5.41, 5.74) is 8.51. The van der Waals surface area contributed by atoms with Gasteiger partial charge in [0.05, 0.1) is 11.2 Å². The van der Waals surface area contributed by atoms with Gasteiger partial charge in [0.25, 0.3) is 0 Å². The lowest BCUT2D eigenvalue weighted by molar-refractivity contribution is 0.642. The second-order valence-electron chi connectivity index (χ2n) is 4.41. The molecule has 0 unspecified atom stereocenters. The third kappa shape index (κ3) is 1.40. The molecule has 5 heteroatoms. The number of rotatable bonds is 1. The van der Waals surface area contributed by atoms with Gasteiger partial charge in [-0.15, -0.1) is 0 Å². The van der Waals surface area contributed by atoms with E-state index in [0.29, 0.717) is 22.5 Å². The topological polar surface area (TPSA) is 59.6 Å². The fraction of sp³-hybridized carbons (Fsp3) is 0.154. The fourth-order valence-corrected chi connectivity index (χ4v) is 2.19. The number of nitrogens with two attached hydrogens (primary N) is 1. The predicted octanol–water partition coefficient (Wildman–Crippen LogP) is 2.60. The van der Waals surface area contributed by atoms with Gasteiger partial charge in [-0.25, -0.2) is 4.39 Å². The Morgan fingerprint density at radius 1 is 1.33 bits per heavy atom. The van der Waals surface area contributed by atoms with Crippen LogP contribution in [0.5, 0.6) is 0 Å². The summed E-state index contributed by atoms with van der Waals surface area (Å²) in [6, 6.07) is 7.11. The highest BCUT2D eigenvalue weighted by Gasteiger charge is 2.14. The molecule has 4 nitrogen and oxygen atoms in total. The number of benzene rings is 1. The highest BCUT2D eigenvalue weighted by atomic mass is 19.1. The predicted molar refractivity (Wildman–Crippen MR) is 69.6 cm³/mol. The Labute approximate surface area is 103 Å². The molecule has 0 fully saturated rings. The number of nitrogen functional groups attached to an aromatic ring is 1. The molecule has 0 atom stereocenters. The molecule has 0 aliphatic heterocycles. The first-order chi connectivity index (χ1) is 8.58. The van der Waals surface area contributed by atoms with E-state index in [4.69, 9.17) is 5.73 Å². The second kappa shape index (κ2) is 3.60. The molecule has 0 radical (unpaired) electrons. The van der Waals surface area contributed by atoms with Crippen LogP contribution >= 0.6 is 0 Å². The molecule has 3 aromatic rings. The zero-order valence-corrected chi connectivity index (χ0v) is 10.2. The molecule has 0 bridgehead atoms. The number of aromatic nitrogens is 3. The fourth-order valence-electron chi connectivity index (χ4n) is 2.19. The summed E-state index contributed by atoms with van der Waals surface area (Å²) in [5, 5.41) is 7.16. The number of fused-ring (bicyclic) bond motifs is 1. The van der Waals surface area contributed by atoms with E-state index in [9.17, 15) is 4.39 Å². The number of hydrogen-bond donors (Lipinski definition) is 2. The molecule has 1 aromatic carbocycles. The molecule has 2 aromatic heterocycles. The first-order valence-corrected chi connectivity index (χ1v) is 5.63. The van der Waals surface area contributed by atoms with E-state index in [1.54, 1.807) is 12.1 Å². The lowest BCUT2D eigenvalue weighted by Crippen LogP contribution is -1.91. The molecule has 92 valence electrons. The summed E-state index contributed by atoms with van der Waals surface area (Å²) in [4.78, 5) is 0. The Morgan fingerprint density at radius 2 is 2.11 bits per heavy atom. The Hall–Kier alpha value is -2.30. The number of anilines is 1. The normalized spacial score (nSPS) is 11.3. The second-order valence-corrected chi connectivity index (χ2v) is 4.41. The number of hydrogen-bond acceptors (Lipinski definition) is 2. The van der Waals surface area contributed by atoms with Crippen LogP contribution in [-0.2, 0) is 7.05 Å². The van der Waals surface area contributed by atoms with Crippen molar-refractivity contribution < 1.29 is 4.39 Å². The molecule has 3 N–H and O–H groups in total. The summed E-state index contributed by atoms with van der Waals surface area (Å²) >= 11 is 0. The summed E-state index contributed by atoms with van der Waals surface area (Å²) < 4.78 is 16.4. The Balaban J connectivity index is 2.29. The molecular formula is C13H13FN4. The van der Waals surface area contributed by atoms with E-state index < -0.39 is 0 Å². The molecule has 0 aliphatic carbocycles. The minimum atomic E-state index is -0.250. The molecular weight excluding hydrogens is 231 g/mol. The highest BCUT2D eigenvalue weighted by Crippen LogP contribution is 2.29. The van der Waals surface area contributed by atoms with Crippen LogP contribution in [-0.4, -0.2) is 14.8 Å².